The van der Waals surface area contributed by atoms with Crippen molar-refractivity contribution in [2.45, 2.75) is 43.1 Å². The summed E-state index contributed by atoms with van der Waals surface area (Å²) in [6.45, 7) is 2.85. The summed E-state index contributed by atoms with van der Waals surface area (Å²) in [5.41, 5.74) is 6.51. The first-order chi connectivity index (χ1) is 16.1. The highest BCUT2D eigenvalue weighted by Crippen LogP contribution is 2.37. The highest BCUT2D eigenvalue weighted by Gasteiger charge is 2.31. The van der Waals surface area contributed by atoms with Crippen molar-refractivity contribution < 1.29 is 0 Å². The Labute approximate surface area is 205 Å². The molecule has 0 spiro atoms. The molecule has 1 aliphatic carbocycles. The standard InChI is InChI=1S/C24H20Cl2N6S/c1-14-21(16-10-11-18(25)19(26)12-16)30-32-23(27-28-24(32)33-14)22-17-8-5-9-20(17)31(29-22)13-15-6-3-2-4-7-15/h2-4,6-7,10-12,14H,5,8-9,13H2,1H3. The van der Waals surface area contributed by atoms with E-state index >= 15 is 0 Å². The van der Waals surface area contributed by atoms with E-state index in [1.807, 2.05) is 22.9 Å². The molecule has 1 unspecified atom stereocenters. The van der Waals surface area contributed by atoms with Gasteiger partial charge < -0.3 is 0 Å². The summed E-state index contributed by atoms with van der Waals surface area (Å²) in [7, 11) is 0. The van der Waals surface area contributed by atoms with Crippen molar-refractivity contribution >= 4 is 40.7 Å². The first-order valence-corrected chi connectivity index (χ1v) is 12.5. The van der Waals surface area contributed by atoms with Gasteiger partial charge in [-0.05, 0) is 43.9 Å². The van der Waals surface area contributed by atoms with Gasteiger partial charge in [0, 0.05) is 16.8 Å². The number of nitrogens with zero attached hydrogens (tertiary/aromatic N) is 6. The first-order valence-electron chi connectivity index (χ1n) is 10.9. The van der Waals surface area contributed by atoms with Gasteiger partial charge in [-0.25, -0.2) is 0 Å². The van der Waals surface area contributed by atoms with Crippen LogP contribution in [0.5, 0.6) is 0 Å². The Balaban J connectivity index is 1.44. The van der Waals surface area contributed by atoms with E-state index in [2.05, 4.69) is 46.1 Å². The van der Waals surface area contributed by atoms with Gasteiger partial charge in [0.25, 0.3) is 0 Å². The second-order valence-corrected chi connectivity index (χ2v) is 10.4. The molecular formula is C24H20Cl2N6S. The highest BCUT2D eigenvalue weighted by atomic mass is 35.5. The number of aromatic nitrogens is 5. The van der Waals surface area contributed by atoms with Crippen LogP contribution in [0, 0.1) is 0 Å². The summed E-state index contributed by atoms with van der Waals surface area (Å²) in [4.78, 5) is 0. The molecule has 0 fully saturated rings. The lowest BCUT2D eigenvalue weighted by Gasteiger charge is -2.20. The molecule has 3 heterocycles. The maximum Gasteiger partial charge on any atom is 0.213 e. The topological polar surface area (TPSA) is 60.9 Å². The predicted octanol–water partition coefficient (Wildman–Crippen LogP) is 5.73. The monoisotopic (exact) mass is 494 g/mol. The third kappa shape index (κ3) is 3.68. The summed E-state index contributed by atoms with van der Waals surface area (Å²) in [6, 6.07) is 16.0. The summed E-state index contributed by atoms with van der Waals surface area (Å²) in [6.07, 6.45) is 3.15. The molecule has 1 aliphatic heterocycles. The Morgan fingerprint density at radius 2 is 1.88 bits per heavy atom. The fourth-order valence-corrected chi connectivity index (χ4v) is 5.73. The quantitative estimate of drug-likeness (QED) is 0.363. The number of fused-ring (bicyclic) bond motifs is 2. The van der Waals surface area contributed by atoms with Crippen LogP contribution >= 0.6 is 35.0 Å². The number of rotatable bonds is 4. The molecule has 6 nitrogen and oxygen atoms in total. The maximum atomic E-state index is 6.28. The van der Waals surface area contributed by atoms with Crippen molar-refractivity contribution in [1.82, 2.24) is 24.7 Å². The van der Waals surface area contributed by atoms with Crippen molar-refractivity contribution in [3.05, 3.63) is 81.0 Å². The molecule has 166 valence electrons. The number of benzene rings is 2. The van der Waals surface area contributed by atoms with E-state index in [1.165, 1.54) is 16.8 Å². The van der Waals surface area contributed by atoms with Crippen LogP contribution in [-0.2, 0) is 19.4 Å². The van der Waals surface area contributed by atoms with Crippen molar-refractivity contribution in [2.24, 2.45) is 5.10 Å². The summed E-state index contributed by atoms with van der Waals surface area (Å²) in [5.74, 6) is 0.687. The van der Waals surface area contributed by atoms with Crippen LogP contribution in [0.25, 0.3) is 11.5 Å². The van der Waals surface area contributed by atoms with E-state index in [0.29, 0.717) is 15.9 Å². The van der Waals surface area contributed by atoms with Gasteiger partial charge in [0.2, 0.25) is 11.0 Å². The average molecular weight is 495 g/mol. The van der Waals surface area contributed by atoms with Crippen molar-refractivity contribution in [3.63, 3.8) is 0 Å². The lowest BCUT2D eigenvalue weighted by Crippen LogP contribution is -2.21. The van der Waals surface area contributed by atoms with Crippen molar-refractivity contribution in [1.29, 1.82) is 0 Å². The Morgan fingerprint density at radius 3 is 2.70 bits per heavy atom. The lowest BCUT2D eigenvalue weighted by atomic mass is 10.1. The Morgan fingerprint density at radius 1 is 1.03 bits per heavy atom. The number of thioether (sulfide) groups is 1. The van der Waals surface area contributed by atoms with Crippen LogP contribution in [0.2, 0.25) is 10.0 Å². The average Bonchev–Trinajstić information content (AvgIpc) is 3.52. The molecule has 0 N–H and O–H groups in total. The van der Waals surface area contributed by atoms with Gasteiger partial charge in [0.15, 0.2) is 0 Å². The van der Waals surface area contributed by atoms with Crippen LogP contribution in [0.3, 0.4) is 0 Å². The molecule has 4 aromatic rings. The van der Waals surface area contributed by atoms with Gasteiger partial charge in [0.05, 0.1) is 27.6 Å². The molecule has 2 aromatic heterocycles. The number of hydrogen-bond acceptors (Lipinski definition) is 5. The Kier molecular flexibility index (Phi) is 5.28. The molecule has 1 atom stereocenters. The SMILES string of the molecule is CC1Sc2nnc(-c3nn(Cc4ccccc4)c4c3CCC4)n2N=C1c1ccc(Cl)c(Cl)c1. The first kappa shape index (κ1) is 21.0. The molecule has 0 radical (unpaired) electrons. The third-order valence-corrected chi connectivity index (χ3v) is 7.88. The molecule has 2 aromatic carbocycles. The van der Waals surface area contributed by atoms with Gasteiger partial charge in [-0.15, -0.1) is 10.2 Å². The molecule has 2 aliphatic rings. The molecule has 6 rings (SSSR count). The second-order valence-electron chi connectivity index (χ2n) is 8.26. The molecule has 0 saturated heterocycles. The van der Waals surface area contributed by atoms with Crippen LogP contribution in [0.4, 0.5) is 0 Å². The minimum Gasteiger partial charge on any atom is -0.264 e. The molecule has 0 saturated carbocycles. The van der Waals surface area contributed by atoms with Crippen LogP contribution < -0.4 is 0 Å². The minimum atomic E-state index is 0.105. The highest BCUT2D eigenvalue weighted by molar-refractivity contribution is 8.00. The summed E-state index contributed by atoms with van der Waals surface area (Å²) in [5, 5.41) is 20.8. The Hall–Kier alpha value is -2.61. The zero-order chi connectivity index (χ0) is 22.5. The minimum absolute atomic E-state index is 0.105. The second kappa shape index (κ2) is 8.31. The molecule has 0 bridgehead atoms. The zero-order valence-electron chi connectivity index (χ0n) is 17.9. The van der Waals surface area contributed by atoms with Crippen molar-refractivity contribution in [3.8, 4) is 11.5 Å². The molecule has 9 heteroatoms. The summed E-state index contributed by atoms with van der Waals surface area (Å²) < 4.78 is 3.95. The van der Waals surface area contributed by atoms with E-state index in [1.54, 1.807) is 17.8 Å². The van der Waals surface area contributed by atoms with Gasteiger partial charge in [-0.2, -0.15) is 14.9 Å². The molecule has 33 heavy (non-hydrogen) atoms. The maximum absolute atomic E-state index is 6.28. The van der Waals surface area contributed by atoms with E-state index in [-0.39, 0.29) is 5.25 Å². The fourth-order valence-electron chi connectivity index (χ4n) is 4.50. The third-order valence-electron chi connectivity index (χ3n) is 6.10. The zero-order valence-corrected chi connectivity index (χ0v) is 20.2. The van der Waals surface area contributed by atoms with E-state index < -0.39 is 0 Å². The van der Waals surface area contributed by atoms with Gasteiger partial charge >= 0.3 is 0 Å². The molecule has 0 amide bonds. The van der Waals surface area contributed by atoms with E-state index in [4.69, 9.17) is 33.4 Å². The van der Waals surface area contributed by atoms with Crippen LogP contribution in [0.1, 0.15) is 35.7 Å². The molecular weight excluding hydrogens is 475 g/mol. The smallest absolute Gasteiger partial charge is 0.213 e. The largest absolute Gasteiger partial charge is 0.264 e. The van der Waals surface area contributed by atoms with Gasteiger partial charge in [-0.1, -0.05) is 71.4 Å². The Bertz CT molecular complexity index is 1390. The van der Waals surface area contributed by atoms with E-state index in [9.17, 15) is 0 Å². The fraction of sp³-hybridized carbons (Fsp3) is 0.250. The van der Waals surface area contributed by atoms with Gasteiger partial charge in [0.1, 0.15) is 5.69 Å². The predicted molar refractivity (Wildman–Crippen MR) is 133 cm³/mol. The number of hydrogen-bond donors (Lipinski definition) is 0. The number of halogens is 2. The van der Waals surface area contributed by atoms with Crippen molar-refractivity contribution in [2.75, 3.05) is 0 Å². The van der Waals surface area contributed by atoms with Crippen LogP contribution in [-0.4, -0.2) is 35.6 Å². The van der Waals surface area contributed by atoms with Gasteiger partial charge in [-0.3, -0.25) is 4.68 Å². The lowest BCUT2D eigenvalue weighted by molar-refractivity contribution is 0.643. The van der Waals surface area contributed by atoms with E-state index in [0.717, 1.165) is 47.9 Å². The van der Waals surface area contributed by atoms with Crippen LogP contribution in [0.15, 0.2) is 58.8 Å². The summed E-state index contributed by atoms with van der Waals surface area (Å²) >= 11 is 14.0. The normalized spacial score (nSPS) is 17.1.